The van der Waals surface area contributed by atoms with E-state index in [1.165, 1.54) is 6.08 Å². The van der Waals surface area contributed by atoms with Crippen LogP contribution in [0.4, 0.5) is 4.79 Å². The van der Waals surface area contributed by atoms with Crippen LogP contribution in [0.5, 0.6) is 0 Å². The Balaban J connectivity index is 2.09. The van der Waals surface area contributed by atoms with E-state index in [0.29, 0.717) is 6.42 Å². The molecule has 0 radical (unpaired) electrons. The Morgan fingerprint density at radius 2 is 2.06 bits per heavy atom. The lowest BCUT2D eigenvalue weighted by Crippen LogP contribution is -2.50. The summed E-state index contributed by atoms with van der Waals surface area (Å²) in [6, 6.07) is -0.0310. The number of hydrogen-bond donors (Lipinski definition) is 1. The molecule has 2 aliphatic heterocycles. The van der Waals surface area contributed by atoms with Crippen molar-refractivity contribution in [2.24, 2.45) is 5.92 Å². The van der Waals surface area contributed by atoms with Gasteiger partial charge in [0.1, 0.15) is 6.61 Å². The van der Waals surface area contributed by atoms with Crippen LogP contribution in [0.25, 0.3) is 0 Å². The van der Waals surface area contributed by atoms with E-state index in [1.807, 2.05) is 0 Å². The number of ether oxygens (including phenoxy) is 1. The van der Waals surface area contributed by atoms with Crippen LogP contribution in [0.2, 0.25) is 0 Å². The Hall–Kier alpha value is -1.52. The van der Waals surface area contributed by atoms with Crippen molar-refractivity contribution < 1.29 is 19.4 Å². The van der Waals surface area contributed by atoms with Crippen LogP contribution >= 0.6 is 0 Å². The minimum atomic E-state index is -0.808. The molecule has 2 aliphatic rings. The van der Waals surface area contributed by atoms with E-state index in [9.17, 15) is 9.59 Å². The van der Waals surface area contributed by atoms with Gasteiger partial charge in [0, 0.05) is 12.1 Å². The third-order valence-corrected chi connectivity index (χ3v) is 3.67. The van der Waals surface area contributed by atoms with E-state index in [0.717, 1.165) is 19.3 Å². The number of carbonyl (C=O) groups is 2. The van der Waals surface area contributed by atoms with Gasteiger partial charge in [-0.2, -0.15) is 0 Å². The Kier molecular flexibility index (Phi) is 3.36. The van der Waals surface area contributed by atoms with Crippen molar-refractivity contribution in [2.75, 3.05) is 6.61 Å². The Morgan fingerprint density at radius 3 is 2.71 bits per heavy atom. The molecular formula is C12H17NO4. The predicted octanol–water partition coefficient (Wildman–Crippen LogP) is 1.64. The molecule has 2 rings (SSSR count). The van der Waals surface area contributed by atoms with Gasteiger partial charge in [0.05, 0.1) is 5.92 Å². The van der Waals surface area contributed by atoms with Gasteiger partial charge in [0.15, 0.2) is 0 Å². The minimum Gasteiger partial charge on any atom is -0.481 e. The largest absolute Gasteiger partial charge is 0.481 e. The third kappa shape index (κ3) is 2.14. The first-order valence-corrected chi connectivity index (χ1v) is 5.94. The highest BCUT2D eigenvalue weighted by Gasteiger charge is 2.47. The Morgan fingerprint density at radius 1 is 1.35 bits per heavy atom. The van der Waals surface area contributed by atoms with E-state index in [-0.39, 0.29) is 18.7 Å². The van der Waals surface area contributed by atoms with Crippen LogP contribution in [0, 0.1) is 5.92 Å². The second kappa shape index (κ2) is 4.77. The number of carboxylic acid groups (broad SMARTS) is 1. The summed E-state index contributed by atoms with van der Waals surface area (Å²) in [6.45, 7) is 3.66. The highest BCUT2D eigenvalue weighted by atomic mass is 16.6. The molecule has 3 atom stereocenters. The van der Waals surface area contributed by atoms with Crippen LogP contribution in [-0.2, 0) is 9.53 Å². The minimum absolute atomic E-state index is 0.160. The number of rotatable bonds is 3. The highest BCUT2D eigenvalue weighted by molar-refractivity contribution is 5.75. The van der Waals surface area contributed by atoms with Crippen molar-refractivity contribution in [3.63, 3.8) is 0 Å². The second-order valence-corrected chi connectivity index (χ2v) is 4.59. The van der Waals surface area contributed by atoms with Crippen molar-refractivity contribution in [1.82, 2.24) is 4.90 Å². The zero-order chi connectivity index (χ0) is 12.4. The number of fused-ring (bicyclic) bond motifs is 2. The third-order valence-electron chi connectivity index (χ3n) is 3.67. The number of aliphatic carboxylic acids is 1. The highest BCUT2D eigenvalue weighted by Crippen LogP contribution is 2.39. The molecule has 0 aliphatic carbocycles. The van der Waals surface area contributed by atoms with Crippen LogP contribution < -0.4 is 0 Å². The number of carboxylic acids is 1. The van der Waals surface area contributed by atoms with Gasteiger partial charge in [0.25, 0.3) is 0 Å². The molecule has 0 saturated carbocycles. The molecule has 3 unspecified atom stereocenters. The molecule has 0 aromatic carbocycles. The first-order valence-electron chi connectivity index (χ1n) is 5.94. The van der Waals surface area contributed by atoms with Crippen molar-refractivity contribution in [1.29, 1.82) is 0 Å². The fraction of sp³-hybridized carbons (Fsp3) is 0.667. The SMILES string of the molecule is C=CCOC(=O)N1C2CCC(C(=O)O)C1CC2. The van der Waals surface area contributed by atoms with E-state index in [2.05, 4.69) is 6.58 Å². The molecule has 5 heteroatoms. The summed E-state index contributed by atoms with van der Waals surface area (Å²) in [4.78, 5) is 24.6. The maximum absolute atomic E-state index is 11.8. The van der Waals surface area contributed by atoms with E-state index >= 15 is 0 Å². The number of hydrogen-bond acceptors (Lipinski definition) is 3. The number of carbonyl (C=O) groups excluding carboxylic acids is 1. The standard InChI is InChI=1S/C12H17NO4/c1-2-7-17-12(16)13-8-3-5-9(11(14)15)10(13)6-4-8/h2,8-10H,1,3-7H2,(H,14,15). The maximum atomic E-state index is 11.8. The maximum Gasteiger partial charge on any atom is 0.410 e. The lowest BCUT2D eigenvalue weighted by Gasteiger charge is -2.37. The zero-order valence-corrected chi connectivity index (χ0v) is 9.67. The molecule has 5 nitrogen and oxygen atoms in total. The normalized spacial score (nSPS) is 31.1. The summed E-state index contributed by atoms with van der Waals surface area (Å²) in [6.07, 6.45) is 4.19. The molecule has 0 aromatic heterocycles. The summed E-state index contributed by atoms with van der Waals surface area (Å²) in [5, 5.41) is 9.14. The zero-order valence-electron chi connectivity index (χ0n) is 9.67. The lowest BCUT2D eigenvalue weighted by atomic mass is 9.91. The summed E-state index contributed by atoms with van der Waals surface area (Å²) in [5.41, 5.74) is 0. The van der Waals surface area contributed by atoms with E-state index in [1.54, 1.807) is 4.90 Å². The molecular weight excluding hydrogens is 222 g/mol. The van der Waals surface area contributed by atoms with Gasteiger partial charge in [0.2, 0.25) is 0 Å². The molecule has 0 spiro atoms. The number of nitrogens with zero attached hydrogens (tertiary/aromatic N) is 1. The van der Waals surface area contributed by atoms with Crippen LogP contribution in [0.1, 0.15) is 25.7 Å². The fourth-order valence-electron chi connectivity index (χ4n) is 2.93. The molecule has 2 heterocycles. The molecule has 1 amide bonds. The monoisotopic (exact) mass is 239 g/mol. The van der Waals surface area contributed by atoms with Crippen molar-refractivity contribution in [3.05, 3.63) is 12.7 Å². The molecule has 2 bridgehead atoms. The summed E-state index contributed by atoms with van der Waals surface area (Å²) < 4.78 is 5.02. The smallest absolute Gasteiger partial charge is 0.410 e. The molecule has 94 valence electrons. The molecule has 1 N–H and O–H groups in total. The lowest BCUT2D eigenvalue weighted by molar-refractivity contribution is -0.145. The topological polar surface area (TPSA) is 66.8 Å². The van der Waals surface area contributed by atoms with Crippen LogP contribution in [0.3, 0.4) is 0 Å². The van der Waals surface area contributed by atoms with Gasteiger partial charge < -0.3 is 14.7 Å². The second-order valence-electron chi connectivity index (χ2n) is 4.59. The molecule has 17 heavy (non-hydrogen) atoms. The molecule has 2 saturated heterocycles. The summed E-state index contributed by atoms with van der Waals surface area (Å²) in [7, 11) is 0. The average Bonchev–Trinajstić information content (AvgIpc) is 2.59. The predicted molar refractivity (Wildman–Crippen MR) is 60.6 cm³/mol. The summed E-state index contributed by atoms with van der Waals surface area (Å²) in [5.74, 6) is -1.25. The first-order chi connectivity index (χ1) is 8.15. The Bertz CT molecular complexity index is 341. The van der Waals surface area contributed by atoms with E-state index < -0.39 is 18.0 Å². The van der Waals surface area contributed by atoms with Gasteiger partial charge in [-0.25, -0.2) is 4.79 Å². The van der Waals surface area contributed by atoms with Crippen LogP contribution in [-0.4, -0.2) is 40.8 Å². The number of amides is 1. The van der Waals surface area contributed by atoms with Gasteiger partial charge in [-0.05, 0) is 25.7 Å². The number of piperidine rings is 1. The fourth-order valence-corrected chi connectivity index (χ4v) is 2.93. The molecule has 0 aromatic rings. The van der Waals surface area contributed by atoms with E-state index in [4.69, 9.17) is 9.84 Å². The van der Waals surface area contributed by atoms with Crippen molar-refractivity contribution in [3.8, 4) is 0 Å². The van der Waals surface area contributed by atoms with Crippen LogP contribution in [0.15, 0.2) is 12.7 Å². The summed E-state index contributed by atoms with van der Waals surface area (Å²) >= 11 is 0. The van der Waals surface area contributed by atoms with Gasteiger partial charge >= 0.3 is 12.1 Å². The average molecular weight is 239 g/mol. The van der Waals surface area contributed by atoms with Gasteiger partial charge in [-0.3, -0.25) is 4.79 Å². The quantitative estimate of drug-likeness (QED) is 0.760. The van der Waals surface area contributed by atoms with Gasteiger partial charge in [-0.1, -0.05) is 12.7 Å². The molecule has 2 fully saturated rings. The first kappa shape index (κ1) is 12.0. The van der Waals surface area contributed by atoms with Crippen molar-refractivity contribution in [2.45, 2.75) is 37.8 Å². The Labute approximate surface area is 100 Å². The van der Waals surface area contributed by atoms with Crippen molar-refractivity contribution >= 4 is 12.1 Å². The van der Waals surface area contributed by atoms with Gasteiger partial charge in [-0.15, -0.1) is 0 Å².